The van der Waals surface area contributed by atoms with Crippen molar-refractivity contribution in [2.24, 2.45) is 0 Å². The number of carbonyl (C=O) groups is 2. The van der Waals surface area contributed by atoms with E-state index in [1.54, 1.807) is 18.2 Å². The number of furan rings is 1. The molecule has 24 heavy (non-hydrogen) atoms. The molecular weight excluding hydrogens is 304 g/mol. The fourth-order valence-electron chi connectivity index (χ4n) is 2.53. The molecule has 2 amide bonds. The van der Waals surface area contributed by atoms with Crippen molar-refractivity contribution >= 4 is 22.8 Å². The highest BCUT2D eigenvalue weighted by atomic mass is 16.3. The van der Waals surface area contributed by atoms with Crippen molar-refractivity contribution in [3.63, 3.8) is 0 Å². The van der Waals surface area contributed by atoms with Crippen molar-refractivity contribution in [3.05, 3.63) is 71.0 Å². The largest absolute Gasteiger partial charge is 0.451 e. The van der Waals surface area contributed by atoms with Crippen molar-refractivity contribution in [1.29, 1.82) is 0 Å². The molecule has 0 aliphatic rings. The van der Waals surface area contributed by atoms with Gasteiger partial charge in [0, 0.05) is 16.5 Å². The SMILES string of the molecule is CCc1ccc(C(=O)NNC(=O)c2oc3ccccc3c2C)cc1. The highest BCUT2D eigenvalue weighted by molar-refractivity contribution is 6.01. The number of hydrogen-bond acceptors (Lipinski definition) is 3. The van der Waals surface area contributed by atoms with Gasteiger partial charge < -0.3 is 4.42 Å². The molecule has 1 aromatic heterocycles. The summed E-state index contributed by atoms with van der Waals surface area (Å²) >= 11 is 0. The Morgan fingerprint density at radius 1 is 0.958 bits per heavy atom. The molecule has 0 unspecified atom stereocenters. The minimum atomic E-state index is -0.484. The van der Waals surface area contributed by atoms with Gasteiger partial charge in [-0.05, 0) is 37.1 Å². The number of nitrogens with one attached hydrogen (secondary N) is 2. The van der Waals surface area contributed by atoms with E-state index in [0.29, 0.717) is 11.1 Å². The molecular formula is C19H18N2O3. The van der Waals surface area contributed by atoms with E-state index in [2.05, 4.69) is 10.9 Å². The van der Waals surface area contributed by atoms with Gasteiger partial charge in [0.2, 0.25) is 0 Å². The van der Waals surface area contributed by atoms with E-state index in [4.69, 9.17) is 4.42 Å². The quantitative estimate of drug-likeness (QED) is 0.726. The molecule has 5 heteroatoms. The Morgan fingerprint density at radius 2 is 1.62 bits per heavy atom. The maximum Gasteiger partial charge on any atom is 0.305 e. The molecule has 5 nitrogen and oxygen atoms in total. The van der Waals surface area contributed by atoms with Gasteiger partial charge in [0.15, 0.2) is 5.76 Å². The van der Waals surface area contributed by atoms with Gasteiger partial charge in [0.1, 0.15) is 5.58 Å². The van der Waals surface area contributed by atoms with Crippen molar-refractivity contribution in [2.45, 2.75) is 20.3 Å². The second kappa shape index (κ2) is 6.58. The molecule has 0 aliphatic carbocycles. The number of aryl methyl sites for hydroxylation is 2. The second-order valence-electron chi connectivity index (χ2n) is 5.51. The standard InChI is InChI=1S/C19H18N2O3/c1-3-13-8-10-14(11-9-13)18(22)20-21-19(23)17-12(2)15-6-4-5-7-16(15)24-17/h4-11H,3H2,1-2H3,(H,20,22)(H,21,23). The lowest BCUT2D eigenvalue weighted by molar-refractivity contribution is 0.0831. The molecule has 0 bridgehead atoms. The van der Waals surface area contributed by atoms with Crippen LogP contribution in [0.4, 0.5) is 0 Å². The molecule has 0 atom stereocenters. The lowest BCUT2D eigenvalue weighted by Gasteiger charge is -2.07. The summed E-state index contributed by atoms with van der Waals surface area (Å²) in [6.07, 6.45) is 0.907. The Labute approximate surface area is 139 Å². The molecule has 0 saturated heterocycles. The third-order valence-corrected chi connectivity index (χ3v) is 3.96. The number of amides is 2. The van der Waals surface area contributed by atoms with Gasteiger partial charge in [0.25, 0.3) is 5.91 Å². The number of benzene rings is 2. The predicted octanol–water partition coefficient (Wildman–Crippen LogP) is 3.38. The van der Waals surface area contributed by atoms with Crippen LogP contribution in [-0.2, 0) is 6.42 Å². The van der Waals surface area contributed by atoms with Crippen LogP contribution in [0.25, 0.3) is 11.0 Å². The average molecular weight is 322 g/mol. The monoisotopic (exact) mass is 322 g/mol. The summed E-state index contributed by atoms with van der Waals surface area (Å²) in [7, 11) is 0. The maximum atomic E-state index is 12.3. The minimum absolute atomic E-state index is 0.192. The van der Waals surface area contributed by atoms with Crippen LogP contribution >= 0.6 is 0 Å². The Morgan fingerprint density at radius 3 is 2.29 bits per heavy atom. The number of rotatable bonds is 3. The van der Waals surface area contributed by atoms with Crippen LogP contribution in [0.3, 0.4) is 0 Å². The summed E-state index contributed by atoms with van der Waals surface area (Å²) in [5, 5.41) is 0.879. The van der Waals surface area contributed by atoms with E-state index < -0.39 is 5.91 Å². The zero-order valence-electron chi connectivity index (χ0n) is 13.6. The first-order valence-corrected chi connectivity index (χ1v) is 7.78. The third kappa shape index (κ3) is 3.01. The van der Waals surface area contributed by atoms with E-state index in [-0.39, 0.29) is 11.7 Å². The van der Waals surface area contributed by atoms with Crippen molar-refractivity contribution < 1.29 is 14.0 Å². The first-order chi connectivity index (χ1) is 11.6. The summed E-state index contributed by atoms with van der Waals surface area (Å²) in [6.45, 7) is 3.86. The Kier molecular flexibility index (Phi) is 4.33. The third-order valence-electron chi connectivity index (χ3n) is 3.96. The summed E-state index contributed by atoms with van der Waals surface area (Å²) in [4.78, 5) is 24.3. The summed E-state index contributed by atoms with van der Waals surface area (Å²) < 4.78 is 5.57. The molecule has 2 N–H and O–H groups in total. The van der Waals surface area contributed by atoms with Crippen LogP contribution in [0.15, 0.2) is 52.9 Å². The van der Waals surface area contributed by atoms with Crippen LogP contribution in [0.1, 0.15) is 39.0 Å². The van der Waals surface area contributed by atoms with Crippen LogP contribution in [0.5, 0.6) is 0 Å². The highest BCUT2D eigenvalue weighted by Gasteiger charge is 2.18. The smallest absolute Gasteiger partial charge is 0.305 e. The zero-order chi connectivity index (χ0) is 17.1. The predicted molar refractivity (Wildman–Crippen MR) is 91.7 cm³/mol. The Bertz CT molecular complexity index is 895. The normalized spacial score (nSPS) is 10.6. The summed E-state index contributed by atoms with van der Waals surface area (Å²) in [5.41, 5.74) is 7.81. The van der Waals surface area contributed by atoms with Gasteiger partial charge >= 0.3 is 5.91 Å². The number of carbonyl (C=O) groups excluding carboxylic acids is 2. The molecule has 3 rings (SSSR count). The van der Waals surface area contributed by atoms with Crippen LogP contribution in [0, 0.1) is 6.92 Å². The minimum Gasteiger partial charge on any atom is -0.451 e. The fourth-order valence-corrected chi connectivity index (χ4v) is 2.53. The van der Waals surface area contributed by atoms with Crippen molar-refractivity contribution in [1.82, 2.24) is 10.9 Å². The van der Waals surface area contributed by atoms with E-state index in [9.17, 15) is 9.59 Å². The summed E-state index contributed by atoms with van der Waals surface area (Å²) in [5.74, 6) is -0.667. The van der Waals surface area contributed by atoms with Crippen molar-refractivity contribution in [3.8, 4) is 0 Å². The topological polar surface area (TPSA) is 71.3 Å². The van der Waals surface area contributed by atoms with Crippen LogP contribution in [-0.4, -0.2) is 11.8 Å². The zero-order valence-corrected chi connectivity index (χ0v) is 13.6. The molecule has 1 heterocycles. The van der Waals surface area contributed by atoms with Gasteiger partial charge in [0.05, 0.1) is 0 Å². The number of hydrogen-bond donors (Lipinski definition) is 2. The molecule has 0 spiro atoms. The van der Waals surface area contributed by atoms with E-state index in [1.165, 1.54) is 0 Å². The Balaban J connectivity index is 1.69. The van der Waals surface area contributed by atoms with Gasteiger partial charge in [-0.1, -0.05) is 37.3 Å². The first-order valence-electron chi connectivity index (χ1n) is 7.78. The number of fused-ring (bicyclic) bond motifs is 1. The highest BCUT2D eigenvalue weighted by Crippen LogP contribution is 2.24. The van der Waals surface area contributed by atoms with Gasteiger partial charge in [-0.3, -0.25) is 20.4 Å². The van der Waals surface area contributed by atoms with E-state index in [1.807, 2.05) is 44.2 Å². The van der Waals surface area contributed by atoms with Crippen LogP contribution < -0.4 is 10.9 Å². The second-order valence-corrected chi connectivity index (χ2v) is 5.51. The molecule has 0 saturated carbocycles. The Hall–Kier alpha value is -3.08. The van der Waals surface area contributed by atoms with Gasteiger partial charge in [-0.25, -0.2) is 0 Å². The van der Waals surface area contributed by atoms with E-state index >= 15 is 0 Å². The molecule has 0 fully saturated rings. The number of para-hydroxylation sites is 1. The molecule has 122 valence electrons. The number of hydrazine groups is 1. The average Bonchev–Trinajstić information content (AvgIpc) is 2.96. The lowest BCUT2D eigenvalue weighted by Crippen LogP contribution is -2.41. The molecule has 0 aliphatic heterocycles. The van der Waals surface area contributed by atoms with Gasteiger partial charge in [-0.15, -0.1) is 0 Å². The first kappa shape index (κ1) is 15.8. The molecule has 2 aromatic carbocycles. The maximum absolute atomic E-state index is 12.3. The van der Waals surface area contributed by atoms with E-state index in [0.717, 1.165) is 22.9 Å². The molecule has 3 aromatic rings. The summed E-state index contributed by atoms with van der Waals surface area (Å²) in [6, 6.07) is 14.6. The molecule has 0 radical (unpaired) electrons. The fraction of sp³-hybridized carbons (Fsp3) is 0.158. The lowest BCUT2D eigenvalue weighted by atomic mass is 10.1. The van der Waals surface area contributed by atoms with Crippen LogP contribution in [0.2, 0.25) is 0 Å². The van der Waals surface area contributed by atoms with Gasteiger partial charge in [-0.2, -0.15) is 0 Å². The van der Waals surface area contributed by atoms with Crippen molar-refractivity contribution in [2.75, 3.05) is 0 Å².